The maximum absolute atomic E-state index is 6.17. The van der Waals surface area contributed by atoms with Crippen LogP contribution in [0.1, 0.15) is 30.0 Å². The Balaban J connectivity index is 1.69. The van der Waals surface area contributed by atoms with Gasteiger partial charge < -0.3 is 10.1 Å². The maximum atomic E-state index is 6.17. The Hall–Kier alpha value is -1.06. The molecule has 0 radical (unpaired) electrons. The maximum Gasteiger partial charge on any atom is 0.0774 e. The lowest BCUT2D eigenvalue weighted by molar-refractivity contribution is -0.00356. The van der Waals surface area contributed by atoms with Crippen molar-refractivity contribution in [3.8, 4) is 0 Å². The highest BCUT2D eigenvalue weighted by Crippen LogP contribution is 2.27. The van der Waals surface area contributed by atoms with Gasteiger partial charge in [0.1, 0.15) is 0 Å². The van der Waals surface area contributed by atoms with E-state index in [1.54, 1.807) is 6.07 Å². The molecule has 0 aromatic heterocycles. The molecule has 3 rings (SSSR count). The highest BCUT2D eigenvalue weighted by Gasteiger charge is 2.26. The first-order valence-corrected chi connectivity index (χ1v) is 8.33. The van der Waals surface area contributed by atoms with Gasteiger partial charge in [0.15, 0.2) is 0 Å². The molecule has 2 aromatic carbocycles. The van der Waals surface area contributed by atoms with Crippen LogP contribution in [0.3, 0.4) is 0 Å². The first-order chi connectivity index (χ1) is 10.7. The van der Waals surface area contributed by atoms with E-state index >= 15 is 0 Å². The average Bonchev–Trinajstić information content (AvgIpc) is 2.53. The van der Waals surface area contributed by atoms with Crippen LogP contribution < -0.4 is 5.32 Å². The summed E-state index contributed by atoms with van der Waals surface area (Å²) in [5, 5.41) is 4.86. The molecule has 22 heavy (non-hydrogen) atoms. The second kappa shape index (κ2) is 7.47. The smallest absolute Gasteiger partial charge is 0.0774 e. The van der Waals surface area contributed by atoms with E-state index in [9.17, 15) is 0 Å². The highest BCUT2D eigenvalue weighted by molar-refractivity contribution is 6.34. The summed E-state index contributed by atoms with van der Waals surface area (Å²) in [6, 6.07) is 16.3. The van der Waals surface area contributed by atoms with Crippen molar-refractivity contribution in [3.05, 3.63) is 69.7 Å². The van der Waals surface area contributed by atoms with Crippen LogP contribution in [-0.2, 0) is 11.3 Å². The molecule has 1 N–H and O–H groups in total. The Morgan fingerprint density at radius 3 is 2.50 bits per heavy atom. The summed E-state index contributed by atoms with van der Waals surface area (Å²) < 4.78 is 6.17. The van der Waals surface area contributed by atoms with E-state index in [0.717, 1.165) is 24.9 Å². The third-order valence-corrected chi connectivity index (χ3v) is 4.38. The fraction of sp³-hybridized carbons (Fsp3) is 0.333. The van der Waals surface area contributed by atoms with Gasteiger partial charge in [0, 0.05) is 10.0 Å². The van der Waals surface area contributed by atoms with E-state index in [-0.39, 0.29) is 12.1 Å². The summed E-state index contributed by atoms with van der Waals surface area (Å²) in [5.41, 5.74) is 2.28. The molecule has 0 saturated carbocycles. The van der Waals surface area contributed by atoms with Gasteiger partial charge in [-0.15, -0.1) is 0 Å². The summed E-state index contributed by atoms with van der Waals surface area (Å²) in [5.74, 6) is 0. The third kappa shape index (κ3) is 4.02. The Morgan fingerprint density at radius 1 is 1.05 bits per heavy atom. The van der Waals surface area contributed by atoms with Gasteiger partial charge in [0.05, 0.1) is 18.8 Å². The van der Waals surface area contributed by atoms with Crippen molar-refractivity contribution in [2.24, 2.45) is 0 Å². The Morgan fingerprint density at radius 2 is 1.77 bits per heavy atom. The van der Waals surface area contributed by atoms with Crippen LogP contribution in [-0.4, -0.2) is 12.6 Å². The van der Waals surface area contributed by atoms with Gasteiger partial charge in [-0.25, -0.2) is 0 Å². The van der Waals surface area contributed by atoms with Gasteiger partial charge in [0.2, 0.25) is 0 Å². The number of nitrogens with one attached hydrogen (secondary N) is 1. The van der Waals surface area contributed by atoms with E-state index in [2.05, 4.69) is 29.6 Å². The average molecular weight is 336 g/mol. The molecule has 0 bridgehead atoms. The first kappa shape index (κ1) is 15.8. The summed E-state index contributed by atoms with van der Waals surface area (Å²) in [4.78, 5) is 0. The SMILES string of the molecule is Clc1cc(Cl)cc(COC2CCCNC2c2ccccc2)c1. The largest absolute Gasteiger partial charge is 0.372 e. The molecule has 0 spiro atoms. The number of benzene rings is 2. The van der Waals surface area contributed by atoms with Gasteiger partial charge in [-0.2, -0.15) is 0 Å². The molecule has 2 atom stereocenters. The lowest BCUT2D eigenvalue weighted by Crippen LogP contribution is -2.39. The van der Waals surface area contributed by atoms with E-state index < -0.39 is 0 Å². The molecule has 116 valence electrons. The molecule has 1 aliphatic rings. The number of ether oxygens (including phenoxy) is 1. The number of hydrogen-bond acceptors (Lipinski definition) is 2. The van der Waals surface area contributed by atoms with Crippen LogP contribution in [0, 0.1) is 0 Å². The van der Waals surface area contributed by atoms with Crippen molar-refractivity contribution in [1.82, 2.24) is 5.32 Å². The third-order valence-electron chi connectivity index (χ3n) is 3.95. The molecule has 2 unspecified atom stereocenters. The summed E-state index contributed by atoms with van der Waals surface area (Å²) >= 11 is 12.1. The number of rotatable bonds is 4. The van der Waals surface area contributed by atoms with Crippen molar-refractivity contribution >= 4 is 23.2 Å². The van der Waals surface area contributed by atoms with Crippen molar-refractivity contribution in [1.29, 1.82) is 0 Å². The van der Waals surface area contributed by atoms with E-state index in [1.807, 2.05) is 18.2 Å². The molecule has 2 nitrogen and oxygen atoms in total. The zero-order valence-corrected chi connectivity index (χ0v) is 13.8. The zero-order valence-electron chi connectivity index (χ0n) is 12.3. The predicted octanol–water partition coefficient (Wildman–Crippen LogP) is 5.00. The molecule has 1 aliphatic heterocycles. The lowest BCUT2D eigenvalue weighted by atomic mass is 9.94. The van der Waals surface area contributed by atoms with Gasteiger partial charge in [-0.1, -0.05) is 53.5 Å². The minimum absolute atomic E-state index is 0.161. The van der Waals surface area contributed by atoms with E-state index in [4.69, 9.17) is 27.9 Å². The highest BCUT2D eigenvalue weighted by atomic mass is 35.5. The van der Waals surface area contributed by atoms with Crippen molar-refractivity contribution in [2.45, 2.75) is 31.6 Å². The summed E-state index contributed by atoms with van der Waals surface area (Å²) in [7, 11) is 0. The minimum atomic E-state index is 0.161. The van der Waals surface area contributed by atoms with Crippen LogP contribution in [0.25, 0.3) is 0 Å². The van der Waals surface area contributed by atoms with Crippen LogP contribution in [0.5, 0.6) is 0 Å². The topological polar surface area (TPSA) is 21.3 Å². The molecule has 1 saturated heterocycles. The van der Waals surface area contributed by atoms with Crippen molar-refractivity contribution in [3.63, 3.8) is 0 Å². The van der Waals surface area contributed by atoms with Crippen LogP contribution in [0.2, 0.25) is 10.0 Å². The standard InChI is InChI=1S/C18H19Cl2NO/c19-15-9-13(10-16(20)11-15)12-22-17-7-4-8-21-18(17)14-5-2-1-3-6-14/h1-3,5-6,9-11,17-18,21H,4,7-8,12H2. The molecule has 2 aromatic rings. The van der Waals surface area contributed by atoms with Crippen LogP contribution in [0.4, 0.5) is 0 Å². The van der Waals surface area contributed by atoms with E-state index in [0.29, 0.717) is 16.7 Å². The van der Waals surface area contributed by atoms with Gasteiger partial charge in [-0.05, 0) is 48.7 Å². The van der Waals surface area contributed by atoms with Gasteiger partial charge in [0.25, 0.3) is 0 Å². The molecule has 0 aliphatic carbocycles. The molecular weight excluding hydrogens is 317 g/mol. The Bertz CT molecular complexity index is 597. The second-order valence-electron chi connectivity index (χ2n) is 5.61. The number of hydrogen-bond donors (Lipinski definition) is 1. The van der Waals surface area contributed by atoms with Gasteiger partial charge in [-0.3, -0.25) is 0 Å². The van der Waals surface area contributed by atoms with E-state index in [1.165, 1.54) is 5.56 Å². The molecule has 1 heterocycles. The Labute approximate surface area is 141 Å². The first-order valence-electron chi connectivity index (χ1n) is 7.57. The summed E-state index contributed by atoms with van der Waals surface area (Å²) in [6.07, 6.45) is 2.35. The quantitative estimate of drug-likeness (QED) is 0.848. The van der Waals surface area contributed by atoms with Crippen LogP contribution >= 0.6 is 23.2 Å². The second-order valence-corrected chi connectivity index (χ2v) is 6.48. The van der Waals surface area contributed by atoms with Gasteiger partial charge >= 0.3 is 0 Å². The van der Waals surface area contributed by atoms with Crippen LogP contribution in [0.15, 0.2) is 48.5 Å². The fourth-order valence-electron chi connectivity index (χ4n) is 2.93. The zero-order chi connectivity index (χ0) is 15.4. The minimum Gasteiger partial charge on any atom is -0.372 e. The Kier molecular flexibility index (Phi) is 5.37. The molecule has 1 fully saturated rings. The van der Waals surface area contributed by atoms with Crippen molar-refractivity contribution < 1.29 is 4.74 Å². The molecule has 4 heteroatoms. The summed E-state index contributed by atoms with van der Waals surface area (Å²) in [6.45, 7) is 1.55. The number of halogens is 2. The molecular formula is C18H19Cl2NO. The van der Waals surface area contributed by atoms with Crippen molar-refractivity contribution in [2.75, 3.05) is 6.54 Å². The predicted molar refractivity (Wildman–Crippen MR) is 91.5 cm³/mol. The molecule has 0 amide bonds. The number of piperidine rings is 1. The normalized spacial score (nSPS) is 21.7. The monoisotopic (exact) mass is 335 g/mol. The lowest BCUT2D eigenvalue weighted by Gasteiger charge is -2.33. The fourth-order valence-corrected chi connectivity index (χ4v) is 3.50.